The van der Waals surface area contributed by atoms with Crippen LogP contribution in [0, 0.1) is 0 Å². The zero-order valence-corrected chi connectivity index (χ0v) is 15.3. The van der Waals surface area contributed by atoms with Crippen LogP contribution < -0.4 is 11.1 Å². The molecular weight excluding hydrogens is 388 g/mol. The lowest BCUT2D eigenvalue weighted by atomic mass is 10.1. The number of amides is 1. The number of para-hydroxylation sites is 1. The van der Waals surface area contributed by atoms with Gasteiger partial charge in [-0.2, -0.15) is 0 Å². The van der Waals surface area contributed by atoms with Gasteiger partial charge in [-0.3, -0.25) is 9.59 Å². The van der Waals surface area contributed by atoms with Crippen molar-refractivity contribution in [3.05, 3.63) is 58.1 Å². The van der Waals surface area contributed by atoms with E-state index < -0.39 is 18.0 Å². The van der Waals surface area contributed by atoms with Gasteiger partial charge in [0.2, 0.25) is 0 Å². The van der Waals surface area contributed by atoms with E-state index in [1.54, 1.807) is 36.4 Å². The Morgan fingerprint density at radius 2 is 1.80 bits per heavy atom. The number of hydrogen-bond donors (Lipinski definition) is 2. The van der Waals surface area contributed by atoms with E-state index in [0.717, 1.165) is 0 Å². The molecule has 2 aromatic rings. The number of ketones is 1. The van der Waals surface area contributed by atoms with Crippen LogP contribution in [0.4, 0.5) is 11.4 Å². The number of benzene rings is 2. The Morgan fingerprint density at radius 3 is 2.48 bits per heavy atom. The lowest BCUT2D eigenvalue weighted by molar-refractivity contribution is -0.123. The number of nitrogens with one attached hydrogen (secondary N) is 1. The van der Waals surface area contributed by atoms with Crippen molar-refractivity contribution in [3.8, 4) is 0 Å². The van der Waals surface area contributed by atoms with E-state index in [1.165, 1.54) is 19.9 Å². The third-order valence-electron chi connectivity index (χ3n) is 3.45. The summed E-state index contributed by atoms with van der Waals surface area (Å²) in [6, 6.07) is 11.4. The topological polar surface area (TPSA) is 98.5 Å². The molecule has 3 N–H and O–H groups in total. The summed E-state index contributed by atoms with van der Waals surface area (Å²) in [6.45, 7) is 2.85. The zero-order chi connectivity index (χ0) is 18.6. The molecule has 7 heteroatoms. The molecule has 0 saturated carbocycles. The second-order valence-electron chi connectivity index (χ2n) is 5.37. The van der Waals surface area contributed by atoms with Gasteiger partial charge in [0.1, 0.15) is 0 Å². The Kier molecular flexibility index (Phi) is 5.93. The summed E-state index contributed by atoms with van der Waals surface area (Å²) in [4.78, 5) is 36.1. The maximum Gasteiger partial charge on any atom is 0.341 e. The van der Waals surface area contributed by atoms with E-state index in [0.29, 0.717) is 15.7 Å². The number of nitrogen functional groups attached to an aromatic ring is 1. The van der Waals surface area contributed by atoms with Crippen LogP contribution in [0.1, 0.15) is 34.6 Å². The summed E-state index contributed by atoms with van der Waals surface area (Å²) in [6.07, 6.45) is -1.06. The molecule has 0 radical (unpaired) electrons. The Hall–Kier alpha value is -2.67. The first-order chi connectivity index (χ1) is 11.8. The van der Waals surface area contributed by atoms with E-state index in [1.807, 2.05) is 0 Å². The van der Waals surface area contributed by atoms with Crippen LogP contribution in [0.5, 0.6) is 0 Å². The molecule has 0 aliphatic rings. The van der Waals surface area contributed by atoms with Crippen LogP contribution in [-0.4, -0.2) is 23.8 Å². The first kappa shape index (κ1) is 18.7. The molecule has 0 aliphatic heterocycles. The molecule has 0 unspecified atom stereocenters. The lowest BCUT2D eigenvalue weighted by Gasteiger charge is -2.15. The fourth-order valence-corrected chi connectivity index (χ4v) is 2.48. The van der Waals surface area contributed by atoms with Crippen molar-refractivity contribution in [2.24, 2.45) is 0 Å². The minimum Gasteiger partial charge on any atom is -0.449 e. The Labute approximate surface area is 153 Å². The molecule has 0 spiro atoms. The number of ether oxygens (including phenoxy) is 1. The van der Waals surface area contributed by atoms with E-state index in [9.17, 15) is 14.4 Å². The van der Waals surface area contributed by atoms with Gasteiger partial charge >= 0.3 is 5.97 Å². The zero-order valence-electron chi connectivity index (χ0n) is 13.7. The van der Waals surface area contributed by atoms with E-state index in [-0.39, 0.29) is 17.0 Å². The van der Waals surface area contributed by atoms with Crippen molar-refractivity contribution in [1.29, 1.82) is 0 Å². The first-order valence-corrected chi connectivity index (χ1v) is 8.25. The number of carbonyl (C=O) groups excluding carboxylic acids is 3. The third kappa shape index (κ3) is 4.67. The summed E-state index contributed by atoms with van der Waals surface area (Å²) in [5.74, 6) is -1.43. The monoisotopic (exact) mass is 404 g/mol. The number of anilines is 2. The SMILES string of the molecule is CC(=O)c1ccccc1NC(=O)[C@@H](C)OC(=O)c1cc(Br)ccc1N. The van der Waals surface area contributed by atoms with Crippen molar-refractivity contribution < 1.29 is 19.1 Å². The molecule has 130 valence electrons. The summed E-state index contributed by atoms with van der Waals surface area (Å²) in [5, 5.41) is 2.60. The molecule has 25 heavy (non-hydrogen) atoms. The second-order valence-corrected chi connectivity index (χ2v) is 6.29. The van der Waals surface area contributed by atoms with Crippen molar-refractivity contribution in [1.82, 2.24) is 0 Å². The summed E-state index contributed by atoms with van der Waals surface area (Å²) in [5.41, 5.74) is 6.92. The maximum atomic E-state index is 12.3. The molecule has 2 rings (SSSR count). The summed E-state index contributed by atoms with van der Waals surface area (Å²) >= 11 is 3.25. The van der Waals surface area contributed by atoms with Crippen LogP contribution in [-0.2, 0) is 9.53 Å². The molecule has 0 aliphatic carbocycles. The van der Waals surface area contributed by atoms with Gasteiger partial charge in [0.15, 0.2) is 11.9 Å². The normalized spacial score (nSPS) is 11.5. The molecule has 0 bridgehead atoms. The van der Waals surface area contributed by atoms with E-state index in [2.05, 4.69) is 21.2 Å². The summed E-state index contributed by atoms with van der Waals surface area (Å²) < 4.78 is 5.84. The number of Topliss-reactive ketones (excluding diaryl/α,β-unsaturated/α-hetero) is 1. The first-order valence-electron chi connectivity index (χ1n) is 7.46. The van der Waals surface area contributed by atoms with Gasteiger partial charge in [-0.25, -0.2) is 4.79 Å². The Morgan fingerprint density at radius 1 is 1.12 bits per heavy atom. The number of nitrogens with two attached hydrogens (primary N) is 1. The van der Waals surface area contributed by atoms with Gasteiger partial charge in [0.25, 0.3) is 5.91 Å². The van der Waals surface area contributed by atoms with Gasteiger partial charge < -0.3 is 15.8 Å². The van der Waals surface area contributed by atoms with Crippen LogP contribution in [0.3, 0.4) is 0 Å². The minimum absolute atomic E-state index is 0.165. The predicted octanol–water partition coefficient (Wildman–Crippen LogP) is 3.42. The second kappa shape index (κ2) is 7.94. The average Bonchev–Trinajstić information content (AvgIpc) is 2.57. The third-order valence-corrected chi connectivity index (χ3v) is 3.95. The lowest BCUT2D eigenvalue weighted by Crippen LogP contribution is -2.30. The van der Waals surface area contributed by atoms with Crippen molar-refractivity contribution in [3.63, 3.8) is 0 Å². The largest absolute Gasteiger partial charge is 0.449 e. The van der Waals surface area contributed by atoms with Gasteiger partial charge in [-0.05, 0) is 44.2 Å². The van der Waals surface area contributed by atoms with Crippen LogP contribution in [0.15, 0.2) is 46.9 Å². The van der Waals surface area contributed by atoms with E-state index >= 15 is 0 Å². The van der Waals surface area contributed by atoms with Crippen LogP contribution >= 0.6 is 15.9 Å². The highest BCUT2D eigenvalue weighted by Gasteiger charge is 2.21. The average molecular weight is 405 g/mol. The fraction of sp³-hybridized carbons (Fsp3) is 0.167. The van der Waals surface area contributed by atoms with Crippen molar-refractivity contribution in [2.75, 3.05) is 11.1 Å². The van der Waals surface area contributed by atoms with Gasteiger partial charge in [0.05, 0.1) is 11.3 Å². The van der Waals surface area contributed by atoms with Gasteiger partial charge in [0, 0.05) is 15.7 Å². The minimum atomic E-state index is -1.06. The molecule has 1 amide bonds. The maximum absolute atomic E-state index is 12.3. The molecule has 0 heterocycles. The van der Waals surface area contributed by atoms with Crippen molar-refractivity contribution in [2.45, 2.75) is 20.0 Å². The van der Waals surface area contributed by atoms with E-state index in [4.69, 9.17) is 10.5 Å². The van der Waals surface area contributed by atoms with Crippen molar-refractivity contribution >= 4 is 45.0 Å². The quantitative estimate of drug-likeness (QED) is 0.451. The Balaban J connectivity index is 2.09. The standard InChI is InChI=1S/C18H17BrN2O4/c1-10(22)13-5-3-4-6-16(13)21-17(23)11(2)25-18(24)14-9-12(19)7-8-15(14)20/h3-9,11H,20H2,1-2H3,(H,21,23)/t11-/m1/s1. The molecule has 1 atom stereocenters. The molecule has 0 saturated heterocycles. The number of carbonyl (C=O) groups is 3. The molecule has 2 aromatic carbocycles. The molecular formula is C18H17BrN2O4. The number of hydrogen-bond acceptors (Lipinski definition) is 5. The highest BCUT2D eigenvalue weighted by atomic mass is 79.9. The summed E-state index contributed by atoms with van der Waals surface area (Å²) in [7, 11) is 0. The van der Waals surface area contributed by atoms with Gasteiger partial charge in [-0.15, -0.1) is 0 Å². The molecule has 0 fully saturated rings. The number of halogens is 1. The highest BCUT2D eigenvalue weighted by Crippen LogP contribution is 2.20. The van der Waals surface area contributed by atoms with Gasteiger partial charge in [-0.1, -0.05) is 28.1 Å². The van der Waals surface area contributed by atoms with Crippen LogP contribution in [0.25, 0.3) is 0 Å². The van der Waals surface area contributed by atoms with Crippen LogP contribution in [0.2, 0.25) is 0 Å². The smallest absolute Gasteiger partial charge is 0.341 e. The number of rotatable bonds is 5. The highest BCUT2D eigenvalue weighted by molar-refractivity contribution is 9.10. The Bertz CT molecular complexity index is 836. The molecule has 0 aromatic heterocycles. The fourth-order valence-electron chi connectivity index (χ4n) is 2.12. The molecule has 6 nitrogen and oxygen atoms in total. The number of esters is 1. The predicted molar refractivity (Wildman–Crippen MR) is 98.5 cm³/mol.